The van der Waals surface area contributed by atoms with E-state index in [4.69, 9.17) is 9.52 Å². The van der Waals surface area contributed by atoms with Crippen LogP contribution in [0.1, 0.15) is 21.9 Å². The standard InChI is InChI=1S/C13H11BrFNO3/c1-7-8(4-12(19-7)13(17)18)6-16-11-5-9(15)2-3-10(11)14/h2-5,16H,6H2,1H3,(H,17,18). The maximum Gasteiger partial charge on any atom is 0.371 e. The van der Waals surface area contributed by atoms with Crippen LogP contribution in [0.2, 0.25) is 0 Å². The first-order valence-electron chi connectivity index (χ1n) is 5.49. The number of hydrogen-bond donors (Lipinski definition) is 2. The van der Waals surface area contributed by atoms with Gasteiger partial charge in [-0.3, -0.25) is 0 Å². The lowest BCUT2D eigenvalue weighted by molar-refractivity contribution is 0.0661. The van der Waals surface area contributed by atoms with Gasteiger partial charge in [-0.05, 0) is 47.1 Å². The quantitative estimate of drug-likeness (QED) is 0.896. The Morgan fingerprint density at radius 3 is 2.84 bits per heavy atom. The number of aryl methyl sites for hydroxylation is 1. The zero-order valence-electron chi connectivity index (χ0n) is 10.0. The Kier molecular flexibility index (Phi) is 3.90. The van der Waals surface area contributed by atoms with Crippen molar-refractivity contribution in [2.45, 2.75) is 13.5 Å². The summed E-state index contributed by atoms with van der Waals surface area (Å²) in [7, 11) is 0. The summed E-state index contributed by atoms with van der Waals surface area (Å²) in [6.45, 7) is 2.04. The summed E-state index contributed by atoms with van der Waals surface area (Å²) < 4.78 is 18.9. The summed E-state index contributed by atoms with van der Waals surface area (Å²) >= 11 is 3.30. The lowest BCUT2D eigenvalue weighted by Gasteiger charge is -2.07. The third kappa shape index (κ3) is 3.14. The molecule has 2 aromatic rings. The van der Waals surface area contributed by atoms with Crippen LogP contribution in [-0.2, 0) is 6.54 Å². The number of anilines is 1. The van der Waals surface area contributed by atoms with Gasteiger partial charge < -0.3 is 14.8 Å². The van der Waals surface area contributed by atoms with Crippen molar-refractivity contribution in [3.05, 3.63) is 51.6 Å². The first-order chi connectivity index (χ1) is 8.97. The van der Waals surface area contributed by atoms with E-state index in [1.807, 2.05) is 0 Å². The Morgan fingerprint density at radius 1 is 1.47 bits per heavy atom. The number of halogens is 2. The van der Waals surface area contributed by atoms with Crippen molar-refractivity contribution in [3.8, 4) is 0 Å². The number of nitrogens with one attached hydrogen (secondary N) is 1. The molecule has 1 heterocycles. The highest BCUT2D eigenvalue weighted by molar-refractivity contribution is 9.10. The third-order valence-corrected chi connectivity index (χ3v) is 3.32. The van der Waals surface area contributed by atoms with Crippen LogP contribution in [0.15, 0.2) is 33.2 Å². The Morgan fingerprint density at radius 2 is 2.21 bits per heavy atom. The molecule has 0 spiro atoms. The van der Waals surface area contributed by atoms with Crippen molar-refractivity contribution in [1.82, 2.24) is 0 Å². The van der Waals surface area contributed by atoms with E-state index in [2.05, 4.69) is 21.2 Å². The van der Waals surface area contributed by atoms with Crippen LogP contribution in [-0.4, -0.2) is 11.1 Å². The number of benzene rings is 1. The van der Waals surface area contributed by atoms with Gasteiger partial charge in [-0.25, -0.2) is 9.18 Å². The molecule has 0 amide bonds. The molecule has 6 heteroatoms. The number of carbonyl (C=O) groups is 1. The van der Waals surface area contributed by atoms with Gasteiger partial charge >= 0.3 is 5.97 Å². The number of aromatic carboxylic acids is 1. The number of rotatable bonds is 4. The van der Waals surface area contributed by atoms with Gasteiger partial charge in [0.1, 0.15) is 11.6 Å². The van der Waals surface area contributed by atoms with Crippen LogP contribution in [0.3, 0.4) is 0 Å². The van der Waals surface area contributed by atoms with Crippen molar-refractivity contribution in [2.75, 3.05) is 5.32 Å². The van der Waals surface area contributed by atoms with Gasteiger partial charge in [0.05, 0.1) is 5.69 Å². The normalized spacial score (nSPS) is 10.5. The van der Waals surface area contributed by atoms with E-state index >= 15 is 0 Å². The summed E-state index contributed by atoms with van der Waals surface area (Å²) in [4.78, 5) is 10.8. The summed E-state index contributed by atoms with van der Waals surface area (Å²) in [6.07, 6.45) is 0. The zero-order chi connectivity index (χ0) is 14.0. The van der Waals surface area contributed by atoms with E-state index in [1.54, 1.807) is 13.0 Å². The van der Waals surface area contributed by atoms with Crippen molar-refractivity contribution in [2.24, 2.45) is 0 Å². The van der Waals surface area contributed by atoms with Crippen LogP contribution in [0.25, 0.3) is 0 Å². The minimum Gasteiger partial charge on any atom is -0.475 e. The van der Waals surface area contributed by atoms with Gasteiger partial charge in [0.25, 0.3) is 0 Å². The van der Waals surface area contributed by atoms with Crippen LogP contribution < -0.4 is 5.32 Å². The van der Waals surface area contributed by atoms with E-state index in [1.165, 1.54) is 18.2 Å². The molecule has 0 bridgehead atoms. The minimum absolute atomic E-state index is 0.104. The van der Waals surface area contributed by atoms with E-state index in [9.17, 15) is 9.18 Å². The highest BCUT2D eigenvalue weighted by Gasteiger charge is 2.13. The summed E-state index contributed by atoms with van der Waals surface area (Å²) in [5.74, 6) is -1.04. The van der Waals surface area contributed by atoms with Gasteiger partial charge in [0, 0.05) is 16.6 Å². The second-order valence-electron chi connectivity index (χ2n) is 3.97. The largest absolute Gasteiger partial charge is 0.475 e. The Balaban J connectivity index is 2.14. The Hall–Kier alpha value is -1.82. The molecule has 0 radical (unpaired) electrons. The molecule has 19 heavy (non-hydrogen) atoms. The summed E-state index contributed by atoms with van der Waals surface area (Å²) in [5, 5.41) is 11.8. The molecule has 0 unspecified atom stereocenters. The molecule has 2 N–H and O–H groups in total. The maximum atomic E-state index is 13.1. The van der Waals surface area contributed by atoms with Gasteiger partial charge in [-0.2, -0.15) is 0 Å². The molecule has 0 aliphatic heterocycles. The predicted octanol–water partition coefficient (Wildman–Crippen LogP) is 3.80. The smallest absolute Gasteiger partial charge is 0.371 e. The molecular weight excluding hydrogens is 317 g/mol. The first-order valence-corrected chi connectivity index (χ1v) is 6.28. The fourth-order valence-corrected chi connectivity index (χ4v) is 2.01. The summed E-state index contributed by atoms with van der Waals surface area (Å²) in [5.41, 5.74) is 1.31. The van der Waals surface area contributed by atoms with Crippen LogP contribution in [0.4, 0.5) is 10.1 Å². The minimum atomic E-state index is -1.11. The Bertz CT molecular complexity index is 624. The monoisotopic (exact) mass is 327 g/mol. The number of furan rings is 1. The molecule has 0 aliphatic rings. The number of hydrogen-bond acceptors (Lipinski definition) is 3. The third-order valence-electron chi connectivity index (χ3n) is 2.63. The fourth-order valence-electron chi connectivity index (χ4n) is 1.62. The Labute approximate surface area is 117 Å². The molecule has 4 nitrogen and oxygen atoms in total. The molecule has 0 atom stereocenters. The highest BCUT2D eigenvalue weighted by Crippen LogP contribution is 2.24. The molecule has 0 fully saturated rings. The highest BCUT2D eigenvalue weighted by atomic mass is 79.9. The van der Waals surface area contributed by atoms with Gasteiger partial charge in [-0.1, -0.05) is 0 Å². The predicted molar refractivity (Wildman–Crippen MR) is 71.8 cm³/mol. The topological polar surface area (TPSA) is 62.5 Å². The van der Waals surface area contributed by atoms with E-state index in [0.717, 1.165) is 4.47 Å². The second kappa shape index (κ2) is 5.44. The van der Waals surface area contributed by atoms with Gasteiger partial charge in [-0.15, -0.1) is 0 Å². The van der Waals surface area contributed by atoms with E-state index < -0.39 is 5.97 Å². The molecule has 1 aromatic heterocycles. The van der Waals surface area contributed by atoms with Crippen molar-refractivity contribution < 1.29 is 18.7 Å². The zero-order valence-corrected chi connectivity index (χ0v) is 11.6. The van der Waals surface area contributed by atoms with Crippen LogP contribution in [0, 0.1) is 12.7 Å². The van der Waals surface area contributed by atoms with Crippen LogP contribution >= 0.6 is 15.9 Å². The average molecular weight is 328 g/mol. The van der Waals surface area contributed by atoms with Crippen molar-refractivity contribution in [3.63, 3.8) is 0 Å². The lowest BCUT2D eigenvalue weighted by atomic mass is 10.2. The number of carboxylic acids is 1. The fraction of sp³-hybridized carbons (Fsp3) is 0.154. The van der Waals surface area contributed by atoms with Crippen molar-refractivity contribution >= 4 is 27.6 Å². The average Bonchev–Trinajstić information content (AvgIpc) is 2.72. The molecule has 0 aliphatic carbocycles. The molecule has 1 aromatic carbocycles. The van der Waals surface area contributed by atoms with E-state index in [0.29, 0.717) is 23.6 Å². The molecule has 100 valence electrons. The SMILES string of the molecule is Cc1oc(C(=O)O)cc1CNc1cc(F)ccc1Br. The maximum absolute atomic E-state index is 13.1. The number of carboxylic acid groups (broad SMARTS) is 1. The van der Waals surface area contributed by atoms with Crippen molar-refractivity contribution in [1.29, 1.82) is 0 Å². The van der Waals surface area contributed by atoms with Crippen LogP contribution in [0.5, 0.6) is 0 Å². The molecule has 0 saturated carbocycles. The molecule has 2 rings (SSSR count). The first kappa shape index (κ1) is 13.6. The lowest BCUT2D eigenvalue weighted by Crippen LogP contribution is -2.00. The van der Waals surface area contributed by atoms with Gasteiger partial charge in [0.2, 0.25) is 5.76 Å². The second-order valence-corrected chi connectivity index (χ2v) is 4.83. The molecular formula is C13H11BrFNO3. The van der Waals surface area contributed by atoms with E-state index in [-0.39, 0.29) is 11.6 Å². The van der Waals surface area contributed by atoms with Gasteiger partial charge in [0.15, 0.2) is 0 Å². The summed E-state index contributed by atoms with van der Waals surface area (Å²) in [6, 6.07) is 5.76. The molecule has 0 saturated heterocycles.